The highest BCUT2D eigenvalue weighted by Gasteiger charge is 2.29. The first-order valence-electron chi connectivity index (χ1n) is 8.27. The number of rotatable bonds is 8. The van der Waals surface area contributed by atoms with E-state index in [0.29, 0.717) is 19.7 Å². The van der Waals surface area contributed by atoms with Crippen molar-refractivity contribution in [2.75, 3.05) is 20.3 Å². The predicted molar refractivity (Wildman–Crippen MR) is 85.5 cm³/mol. The second-order valence-corrected chi connectivity index (χ2v) is 5.98. The normalized spacial score (nSPS) is 20.9. The van der Waals surface area contributed by atoms with Gasteiger partial charge in [0.2, 0.25) is 11.8 Å². The van der Waals surface area contributed by atoms with E-state index in [9.17, 15) is 9.59 Å². The highest BCUT2D eigenvalue weighted by atomic mass is 16.5. The van der Waals surface area contributed by atoms with Crippen molar-refractivity contribution >= 4 is 11.8 Å². The summed E-state index contributed by atoms with van der Waals surface area (Å²) < 4.78 is 10.2. The lowest BCUT2D eigenvalue weighted by atomic mass is 9.81. The van der Waals surface area contributed by atoms with Crippen LogP contribution in [0.15, 0.2) is 22.8 Å². The number of ether oxygens (including phenoxy) is 1. The highest BCUT2D eigenvalue weighted by molar-refractivity contribution is 5.81. The summed E-state index contributed by atoms with van der Waals surface area (Å²) in [6.45, 7) is 1.73. The lowest BCUT2D eigenvalue weighted by Gasteiger charge is -2.27. The fourth-order valence-electron chi connectivity index (χ4n) is 2.92. The number of hydrogen-bond donors (Lipinski definition) is 2. The molecular formula is C17H26N2O4. The van der Waals surface area contributed by atoms with E-state index >= 15 is 0 Å². The van der Waals surface area contributed by atoms with Gasteiger partial charge in [-0.25, -0.2) is 0 Å². The van der Waals surface area contributed by atoms with Crippen LogP contribution in [-0.2, 0) is 20.9 Å². The molecule has 0 aromatic carbocycles. The van der Waals surface area contributed by atoms with Gasteiger partial charge in [-0.2, -0.15) is 0 Å². The van der Waals surface area contributed by atoms with Crippen molar-refractivity contribution in [3.05, 3.63) is 24.2 Å². The summed E-state index contributed by atoms with van der Waals surface area (Å²) >= 11 is 0. The first-order chi connectivity index (χ1) is 11.2. The number of amides is 2. The van der Waals surface area contributed by atoms with Crippen molar-refractivity contribution in [2.24, 2.45) is 11.8 Å². The molecule has 1 aromatic rings. The summed E-state index contributed by atoms with van der Waals surface area (Å²) in [5.41, 5.74) is 0. The van der Waals surface area contributed by atoms with E-state index in [1.165, 1.54) is 0 Å². The largest absolute Gasteiger partial charge is 0.467 e. The average molecular weight is 322 g/mol. The Kier molecular flexibility index (Phi) is 7.13. The Balaban J connectivity index is 1.64. The summed E-state index contributed by atoms with van der Waals surface area (Å²) in [6, 6.07) is 3.64. The number of carbonyl (C=O) groups excluding carboxylic acids is 2. The van der Waals surface area contributed by atoms with Gasteiger partial charge in [0.25, 0.3) is 0 Å². The van der Waals surface area contributed by atoms with Crippen molar-refractivity contribution in [2.45, 2.75) is 38.6 Å². The molecule has 2 N–H and O–H groups in total. The first kappa shape index (κ1) is 17.5. The Hall–Kier alpha value is -1.82. The Labute approximate surface area is 137 Å². The fourth-order valence-corrected chi connectivity index (χ4v) is 2.92. The minimum absolute atomic E-state index is 0.00232. The van der Waals surface area contributed by atoms with Crippen LogP contribution in [0.2, 0.25) is 0 Å². The lowest BCUT2D eigenvalue weighted by Crippen LogP contribution is -2.37. The smallest absolute Gasteiger partial charge is 0.223 e. The fraction of sp³-hybridized carbons (Fsp3) is 0.647. The minimum atomic E-state index is 0.00232. The molecule has 0 saturated heterocycles. The molecule has 2 amide bonds. The third-order valence-corrected chi connectivity index (χ3v) is 4.31. The summed E-state index contributed by atoms with van der Waals surface area (Å²) in [5.74, 6) is 0.951. The van der Waals surface area contributed by atoms with Gasteiger partial charge in [0.05, 0.1) is 12.8 Å². The van der Waals surface area contributed by atoms with Crippen molar-refractivity contribution in [1.82, 2.24) is 10.6 Å². The van der Waals surface area contributed by atoms with Crippen LogP contribution in [0.25, 0.3) is 0 Å². The second kappa shape index (κ2) is 9.35. The molecule has 0 radical (unpaired) electrons. The zero-order valence-corrected chi connectivity index (χ0v) is 13.7. The zero-order chi connectivity index (χ0) is 16.5. The van der Waals surface area contributed by atoms with E-state index in [0.717, 1.165) is 37.9 Å². The van der Waals surface area contributed by atoms with Crippen molar-refractivity contribution in [3.63, 3.8) is 0 Å². The van der Waals surface area contributed by atoms with Gasteiger partial charge in [-0.3, -0.25) is 9.59 Å². The lowest BCUT2D eigenvalue weighted by molar-refractivity contribution is -0.130. The quantitative estimate of drug-likeness (QED) is 0.716. The molecule has 0 aliphatic heterocycles. The van der Waals surface area contributed by atoms with Crippen LogP contribution >= 0.6 is 0 Å². The average Bonchev–Trinajstić information content (AvgIpc) is 3.10. The zero-order valence-electron chi connectivity index (χ0n) is 13.7. The Morgan fingerprint density at radius 1 is 1.17 bits per heavy atom. The highest BCUT2D eigenvalue weighted by Crippen LogP contribution is 2.29. The number of hydrogen-bond acceptors (Lipinski definition) is 4. The van der Waals surface area contributed by atoms with Gasteiger partial charge in [-0.05, 0) is 44.2 Å². The van der Waals surface area contributed by atoms with Gasteiger partial charge in [-0.1, -0.05) is 0 Å². The molecule has 6 heteroatoms. The molecule has 0 spiro atoms. The molecule has 1 aromatic heterocycles. The molecule has 1 aliphatic rings. The van der Waals surface area contributed by atoms with Crippen LogP contribution in [0.1, 0.15) is 37.9 Å². The molecule has 6 nitrogen and oxygen atoms in total. The van der Waals surface area contributed by atoms with Crippen LogP contribution in [0, 0.1) is 11.8 Å². The molecule has 128 valence electrons. The molecule has 0 atom stereocenters. The third kappa shape index (κ3) is 5.71. The number of methoxy groups -OCH3 is 1. The van der Waals surface area contributed by atoms with Gasteiger partial charge in [-0.15, -0.1) is 0 Å². The van der Waals surface area contributed by atoms with Gasteiger partial charge in [0.15, 0.2) is 0 Å². The maximum Gasteiger partial charge on any atom is 0.223 e. The van der Waals surface area contributed by atoms with Crippen molar-refractivity contribution < 1.29 is 18.7 Å². The van der Waals surface area contributed by atoms with Crippen LogP contribution in [0.4, 0.5) is 0 Å². The van der Waals surface area contributed by atoms with Gasteiger partial charge < -0.3 is 19.8 Å². The van der Waals surface area contributed by atoms with E-state index < -0.39 is 0 Å². The molecule has 1 heterocycles. The van der Waals surface area contributed by atoms with E-state index in [2.05, 4.69) is 10.6 Å². The molecule has 1 saturated carbocycles. The molecule has 0 bridgehead atoms. The van der Waals surface area contributed by atoms with Gasteiger partial charge >= 0.3 is 0 Å². The number of carbonyl (C=O) groups is 2. The third-order valence-electron chi connectivity index (χ3n) is 4.31. The molecule has 1 aliphatic carbocycles. The Morgan fingerprint density at radius 3 is 2.39 bits per heavy atom. The first-order valence-corrected chi connectivity index (χ1v) is 8.27. The van der Waals surface area contributed by atoms with Crippen LogP contribution in [-0.4, -0.2) is 32.1 Å². The molecule has 2 rings (SSSR count). The Morgan fingerprint density at radius 2 is 1.83 bits per heavy atom. The maximum absolute atomic E-state index is 12.1. The molecule has 1 fully saturated rings. The maximum atomic E-state index is 12.1. The number of nitrogens with one attached hydrogen (secondary N) is 2. The van der Waals surface area contributed by atoms with E-state index in [4.69, 9.17) is 9.15 Å². The molecular weight excluding hydrogens is 296 g/mol. The monoisotopic (exact) mass is 322 g/mol. The Bertz CT molecular complexity index is 479. The topological polar surface area (TPSA) is 80.6 Å². The summed E-state index contributed by atoms with van der Waals surface area (Å²) in [4.78, 5) is 24.2. The standard InChI is InChI=1S/C17H26N2O4/c1-22-10-3-9-18-16(20)13-5-7-14(8-6-13)17(21)19-12-15-4-2-11-23-15/h2,4,11,13-14H,3,5-10,12H2,1H3,(H,18,20)(H,19,21). The van der Waals surface area contributed by atoms with E-state index in [1.54, 1.807) is 19.4 Å². The van der Waals surface area contributed by atoms with E-state index in [-0.39, 0.29) is 23.7 Å². The van der Waals surface area contributed by atoms with Crippen molar-refractivity contribution in [3.8, 4) is 0 Å². The predicted octanol–water partition coefficient (Wildman–Crippen LogP) is 1.85. The molecule has 0 unspecified atom stereocenters. The SMILES string of the molecule is COCCCNC(=O)C1CCC(C(=O)NCc2ccco2)CC1. The summed E-state index contributed by atoms with van der Waals surface area (Å²) in [6.07, 6.45) is 5.49. The van der Waals surface area contributed by atoms with E-state index in [1.807, 2.05) is 6.07 Å². The minimum Gasteiger partial charge on any atom is -0.467 e. The number of furan rings is 1. The van der Waals surface area contributed by atoms with Crippen molar-refractivity contribution in [1.29, 1.82) is 0 Å². The second-order valence-electron chi connectivity index (χ2n) is 5.98. The summed E-state index contributed by atoms with van der Waals surface area (Å²) in [5, 5.41) is 5.84. The van der Waals surface area contributed by atoms with Crippen LogP contribution in [0.3, 0.4) is 0 Å². The van der Waals surface area contributed by atoms with Crippen LogP contribution < -0.4 is 10.6 Å². The summed E-state index contributed by atoms with van der Waals surface area (Å²) in [7, 11) is 1.65. The van der Waals surface area contributed by atoms with Gasteiger partial charge in [0, 0.05) is 32.1 Å². The van der Waals surface area contributed by atoms with Gasteiger partial charge in [0.1, 0.15) is 5.76 Å². The molecule has 23 heavy (non-hydrogen) atoms. The van der Waals surface area contributed by atoms with Crippen LogP contribution in [0.5, 0.6) is 0 Å².